The minimum atomic E-state index is -3.74. The van der Waals surface area contributed by atoms with Crippen LogP contribution in [0.2, 0.25) is 0 Å². The number of halogens is 1. The van der Waals surface area contributed by atoms with Crippen LogP contribution in [0.3, 0.4) is 0 Å². The van der Waals surface area contributed by atoms with Gasteiger partial charge in [0.15, 0.2) is 0 Å². The molecule has 3 aliphatic heterocycles. The van der Waals surface area contributed by atoms with Crippen LogP contribution in [-0.4, -0.2) is 96.3 Å². The molecule has 11 heteroatoms. The van der Waals surface area contributed by atoms with E-state index >= 15 is 0 Å². The number of aromatic nitrogens is 1. The summed E-state index contributed by atoms with van der Waals surface area (Å²) in [5.74, 6) is -1.34. The van der Waals surface area contributed by atoms with Gasteiger partial charge in [-0.15, -0.1) is 12.4 Å². The maximum absolute atomic E-state index is 13.3. The lowest BCUT2D eigenvalue weighted by molar-refractivity contribution is -0.128. The molecule has 0 radical (unpaired) electrons. The van der Waals surface area contributed by atoms with E-state index in [1.165, 1.54) is 0 Å². The largest absolute Gasteiger partial charge is 0.353 e. The van der Waals surface area contributed by atoms with Crippen molar-refractivity contribution in [2.75, 3.05) is 46.0 Å². The Hall–Kier alpha value is -1.88. The standard InChI is InChI=1S/C21H31N5O4S.ClH/c1-14(2)18-19-17(26(21(18)28)31(4,29)30)7-8-25(19)20(27)16-6-5-15(22-16)13-24-11-9-23(3)10-12-24;/h5-7,14,18-19,22H,8-13H2,1-4H3;1H/t18-,19+;/m0./s1. The summed E-state index contributed by atoms with van der Waals surface area (Å²) in [5.41, 5.74) is 1.84. The molecule has 0 aliphatic carbocycles. The van der Waals surface area contributed by atoms with E-state index in [0.29, 0.717) is 11.4 Å². The lowest BCUT2D eigenvalue weighted by Crippen LogP contribution is -2.44. The molecular formula is C21H32ClN5O4S. The van der Waals surface area contributed by atoms with Crippen LogP contribution < -0.4 is 0 Å². The highest BCUT2D eigenvalue weighted by Crippen LogP contribution is 2.41. The van der Waals surface area contributed by atoms with Gasteiger partial charge in [0.25, 0.3) is 5.91 Å². The molecule has 2 amide bonds. The van der Waals surface area contributed by atoms with Gasteiger partial charge >= 0.3 is 0 Å². The minimum absolute atomic E-state index is 0. The summed E-state index contributed by atoms with van der Waals surface area (Å²) in [7, 11) is -1.63. The molecule has 0 saturated carbocycles. The smallest absolute Gasteiger partial charge is 0.271 e. The highest BCUT2D eigenvalue weighted by atomic mass is 35.5. The number of hydrogen-bond donors (Lipinski definition) is 1. The van der Waals surface area contributed by atoms with Gasteiger partial charge in [-0.2, -0.15) is 0 Å². The summed E-state index contributed by atoms with van der Waals surface area (Å²) in [6, 6.07) is 3.15. The number of nitrogens with one attached hydrogen (secondary N) is 1. The molecule has 0 aromatic carbocycles. The summed E-state index contributed by atoms with van der Waals surface area (Å²) in [4.78, 5) is 35.7. The van der Waals surface area contributed by atoms with Crippen molar-refractivity contribution in [3.63, 3.8) is 0 Å². The van der Waals surface area contributed by atoms with Crippen molar-refractivity contribution in [2.24, 2.45) is 11.8 Å². The Bertz CT molecular complexity index is 1010. The molecule has 2 atom stereocenters. The summed E-state index contributed by atoms with van der Waals surface area (Å²) < 4.78 is 25.4. The number of aromatic amines is 1. The van der Waals surface area contributed by atoms with Crippen LogP contribution >= 0.6 is 12.4 Å². The van der Waals surface area contributed by atoms with Crippen LogP contribution in [-0.2, 0) is 21.4 Å². The molecule has 0 bridgehead atoms. The number of carbonyl (C=O) groups excluding carboxylic acids is 2. The quantitative estimate of drug-likeness (QED) is 0.667. The SMILES string of the molecule is CC(C)[C@@H]1C(=O)N(S(C)(=O)=O)C2=CCN(C(=O)c3ccc(CN4CCN(C)CC4)[nH]3)[C@H]21.Cl. The normalized spacial score (nSPS) is 24.7. The number of amides is 2. The zero-order chi connectivity index (χ0) is 22.5. The van der Waals surface area contributed by atoms with E-state index < -0.39 is 27.9 Å². The molecule has 4 rings (SSSR count). The topological polar surface area (TPSA) is 97.0 Å². The van der Waals surface area contributed by atoms with E-state index in [4.69, 9.17) is 0 Å². The summed E-state index contributed by atoms with van der Waals surface area (Å²) in [5, 5.41) is 0. The first-order chi connectivity index (χ1) is 14.6. The Morgan fingerprint density at radius 3 is 2.44 bits per heavy atom. The first-order valence-corrected chi connectivity index (χ1v) is 12.6. The molecular weight excluding hydrogens is 454 g/mol. The van der Waals surface area contributed by atoms with Gasteiger partial charge < -0.3 is 14.8 Å². The molecule has 1 N–H and O–H groups in total. The van der Waals surface area contributed by atoms with Crippen molar-refractivity contribution in [3.8, 4) is 0 Å². The van der Waals surface area contributed by atoms with Crippen LogP contribution in [0.15, 0.2) is 23.9 Å². The number of fused-ring (bicyclic) bond motifs is 1. The highest BCUT2D eigenvalue weighted by molar-refractivity contribution is 7.89. The third-order valence-electron chi connectivity index (χ3n) is 6.47. The number of likely N-dealkylation sites (N-methyl/N-ethyl adjacent to an activating group) is 1. The summed E-state index contributed by atoms with van der Waals surface area (Å²) >= 11 is 0. The van der Waals surface area contributed by atoms with Crippen molar-refractivity contribution < 1.29 is 18.0 Å². The summed E-state index contributed by atoms with van der Waals surface area (Å²) in [6.45, 7) is 8.83. The van der Waals surface area contributed by atoms with Gasteiger partial charge in [-0.3, -0.25) is 14.5 Å². The van der Waals surface area contributed by atoms with Gasteiger partial charge in [0.1, 0.15) is 5.69 Å². The average Bonchev–Trinajstić information content (AvgIpc) is 3.36. The molecule has 9 nitrogen and oxygen atoms in total. The van der Waals surface area contributed by atoms with E-state index in [1.54, 1.807) is 17.0 Å². The molecule has 0 unspecified atom stereocenters. The monoisotopic (exact) mass is 485 g/mol. The van der Waals surface area contributed by atoms with Gasteiger partial charge in [-0.1, -0.05) is 13.8 Å². The zero-order valence-corrected chi connectivity index (χ0v) is 20.6. The van der Waals surface area contributed by atoms with Crippen molar-refractivity contribution in [2.45, 2.75) is 26.4 Å². The molecule has 1 aromatic rings. The molecule has 2 fully saturated rings. The predicted octanol–water partition coefficient (Wildman–Crippen LogP) is 0.966. The summed E-state index contributed by atoms with van der Waals surface area (Å²) in [6.07, 6.45) is 2.73. The van der Waals surface area contributed by atoms with Crippen molar-refractivity contribution >= 4 is 34.2 Å². The number of nitrogens with zero attached hydrogens (tertiary/aromatic N) is 4. The van der Waals surface area contributed by atoms with Gasteiger partial charge in [-0.25, -0.2) is 12.7 Å². The maximum atomic E-state index is 13.3. The number of rotatable bonds is 5. The fourth-order valence-electron chi connectivity index (χ4n) is 4.84. The number of H-pyrrole nitrogens is 1. The Balaban J connectivity index is 0.00000289. The Morgan fingerprint density at radius 2 is 1.84 bits per heavy atom. The molecule has 178 valence electrons. The molecule has 1 aromatic heterocycles. The molecule has 0 spiro atoms. The maximum Gasteiger partial charge on any atom is 0.271 e. The van der Waals surface area contributed by atoms with Crippen molar-refractivity contribution in [3.05, 3.63) is 35.3 Å². The lowest BCUT2D eigenvalue weighted by Gasteiger charge is -2.32. The highest BCUT2D eigenvalue weighted by Gasteiger charge is 2.54. The lowest BCUT2D eigenvalue weighted by atomic mass is 9.89. The number of hydrogen-bond acceptors (Lipinski definition) is 6. The molecule has 4 heterocycles. The Labute approximate surface area is 195 Å². The van der Waals surface area contributed by atoms with E-state index in [9.17, 15) is 18.0 Å². The molecule has 32 heavy (non-hydrogen) atoms. The number of sulfonamides is 1. The predicted molar refractivity (Wildman–Crippen MR) is 124 cm³/mol. The zero-order valence-electron chi connectivity index (χ0n) is 18.9. The second kappa shape index (κ2) is 9.17. The fourth-order valence-corrected chi connectivity index (χ4v) is 5.85. The number of piperazine rings is 1. The van der Waals surface area contributed by atoms with Gasteiger partial charge in [-0.05, 0) is 31.2 Å². The average molecular weight is 486 g/mol. The van der Waals surface area contributed by atoms with E-state index in [-0.39, 0.29) is 30.8 Å². The van der Waals surface area contributed by atoms with Crippen LogP contribution in [0.5, 0.6) is 0 Å². The van der Waals surface area contributed by atoms with Crippen LogP contribution in [0.4, 0.5) is 0 Å². The third kappa shape index (κ3) is 4.46. The third-order valence-corrected chi connectivity index (χ3v) is 7.53. The van der Waals surface area contributed by atoms with Gasteiger partial charge in [0.2, 0.25) is 15.9 Å². The molecule has 3 aliphatic rings. The van der Waals surface area contributed by atoms with Gasteiger partial charge in [0.05, 0.1) is 23.9 Å². The van der Waals surface area contributed by atoms with Crippen LogP contribution in [0.1, 0.15) is 30.0 Å². The first-order valence-electron chi connectivity index (χ1n) is 10.7. The second-order valence-corrected chi connectivity index (χ2v) is 11.0. The Morgan fingerprint density at radius 1 is 1.19 bits per heavy atom. The fraction of sp³-hybridized carbons (Fsp3) is 0.619. The first kappa shape index (κ1) is 24.8. The number of carbonyl (C=O) groups is 2. The second-order valence-electron chi connectivity index (χ2n) is 9.14. The minimum Gasteiger partial charge on any atom is -0.353 e. The van der Waals surface area contributed by atoms with E-state index in [2.05, 4.69) is 21.8 Å². The van der Waals surface area contributed by atoms with Gasteiger partial charge in [0, 0.05) is 45.0 Å². The van der Waals surface area contributed by atoms with Crippen molar-refractivity contribution in [1.29, 1.82) is 0 Å². The van der Waals surface area contributed by atoms with Crippen LogP contribution in [0, 0.1) is 11.8 Å². The Kier molecular flexibility index (Phi) is 7.09. The molecule has 2 saturated heterocycles. The van der Waals surface area contributed by atoms with E-state index in [1.807, 2.05) is 19.9 Å². The van der Waals surface area contributed by atoms with Crippen LogP contribution in [0.25, 0.3) is 0 Å². The van der Waals surface area contributed by atoms with E-state index in [0.717, 1.165) is 49.0 Å². The van der Waals surface area contributed by atoms with Crippen molar-refractivity contribution in [1.82, 2.24) is 24.0 Å².